The molecule has 108 valence electrons. The van der Waals surface area contributed by atoms with Crippen LogP contribution in [-0.4, -0.2) is 44.9 Å². The summed E-state index contributed by atoms with van der Waals surface area (Å²) >= 11 is 0. The molecule has 1 unspecified atom stereocenters. The third-order valence-electron chi connectivity index (χ3n) is 3.76. The van der Waals surface area contributed by atoms with Crippen LogP contribution in [0.3, 0.4) is 0 Å². The Labute approximate surface area is 116 Å². The molecule has 0 saturated heterocycles. The molecule has 0 bridgehead atoms. The Bertz CT molecular complexity index is 384. The van der Waals surface area contributed by atoms with E-state index in [1.54, 1.807) is 14.2 Å². The molecular formula is C15H26N2O2. The third kappa shape index (κ3) is 4.49. The quantitative estimate of drug-likeness (QED) is 0.780. The van der Waals surface area contributed by atoms with Crippen molar-refractivity contribution in [2.24, 2.45) is 5.73 Å². The molecule has 19 heavy (non-hydrogen) atoms. The molecule has 1 aromatic rings. The Morgan fingerprint density at radius 2 is 2.05 bits per heavy atom. The Balaban J connectivity index is 2.72. The second-order valence-corrected chi connectivity index (χ2v) is 5.15. The minimum Gasteiger partial charge on any atom is -0.497 e. The summed E-state index contributed by atoms with van der Waals surface area (Å²) in [5.74, 6) is 0.886. The van der Waals surface area contributed by atoms with E-state index in [2.05, 4.69) is 31.0 Å². The van der Waals surface area contributed by atoms with E-state index in [1.165, 1.54) is 5.56 Å². The third-order valence-corrected chi connectivity index (χ3v) is 3.76. The number of nitrogens with zero attached hydrogens (tertiary/aromatic N) is 1. The number of rotatable bonds is 8. The lowest BCUT2D eigenvalue weighted by Gasteiger charge is -2.38. The molecule has 0 aliphatic rings. The highest BCUT2D eigenvalue weighted by Crippen LogP contribution is 2.21. The predicted molar refractivity (Wildman–Crippen MR) is 78.4 cm³/mol. The van der Waals surface area contributed by atoms with Crippen molar-refractivity contribution >= 4 is 0 Å². The highest BCUT2D eigenvalue weighted by molar-refractivity contribution is 5.28. The molecule has 0 heterocycles. The molecule has 0 aliphatic carbocycles. The summed E-state index contributed by atoms with van der Waals surface area (Å²) in [6, 6.07) is 8.13. The normalized spacial score (nSPS) is 14.4. The molecule has 0 radical (unpaired) electrons. The van der Waals surface area contributed by atoms with Gasteiger partial charge in [0.1, 0.15) is 5.75 Å². The van der Waals surface area contributed by atoms with Crippen LogP contribution in [0.2, 0.25) is 0 Å². The van der Waals surface area contributed by atoms with Gasteiger partial charge in [0.25, 0.3) is 0 Å². The van der Waals surface area contributed by atoms with Gasteiger partial charge in [-0.1, -0.05) is 12.1 Å². The molecule has 4 heteroatoms. The van der Waals surface area contributed by atoms with E-state index in [4.69, 9.17) is 15.2 Å². The maximum Gasteiger partial charge on any atom is 0.119 e. The van der Waals surface area contributed by atoms with Crippen molar-refractivity contribution in [2.45, 2.75) is 25.4 Å². The lowest BCUT2D eigenvalue weighted by atomic mass is 9.95. The van der Waals surface area contributed by atoms with Crippen LogP contribution in [0.5, 0.6) is 5.75 Å². The monoisotopic (exact) mass is 266 g/mol. The summed E-state index contributed by atoms with van der Waals surface area (Å²) in [5.41, 5.74) is 7.10. The fourth-order valence-electron chi connectivity index (χ4n) is 2.01. The van der Waals surface area contributed by atoms with Crippen LogP contribution >= 0.6 is 0 Å². The Morgan fingerprint density at radius 1 is 1.32 bits per heavy atom. The Hall–Kier alpha value is -1.10. The van der Waals surface area contributed by atoms with Gasteiger partial charge in [0.05, 0.1) is 7.11 Å². The molecule has 1 rings (SSSR count). The van der Waals surface area contributed by atoms with Gasteiger partial charge in [-0.15, -0.1) is 0 Å². The van der Waals surface area contributed by atoms with Gasteiger partial charge in [-0.3, -0.25) is 4.90 Å². The summed E-state index contributed by atoms with van der Waals surface area (Å²) in [5, 5.41) is 0. The Kier molecular flexibility index (Phi) is 6.28. The van der Waals surface area contributed by atoms with Crippen LogP contribution in [0, 0.1) is 0 Å². The van der Waals surface area contributed by atoms with Crippen molar-refractivity contribution in [1.29, 1.82) is 0 Å². The average Bonchev–Trinajstić information content (AvgIpc) is 2.44. The average molecular weight is 266 g/mol. The van der Waals surface area contributed by atoms with Crippen molar-refractivity contribution < 1.29 is 9.47 Å². The van der Waals surface area contributed by atoms with E-state index in [0.717, 1.165) is 25.3 Å². The molecule has 0 saturated carbocycles. The molecular weight excluding hydrogens is 240 g/mol. The number of hydrogen-bond donors (Lipinski definition) is 1. The number of benzene rings is 1. The van der Waals surface area contributed by atoms with E-state index < -0.39 is 0 Å². The van der Waals surface area contributed by atoms with Crippen LogP contribution in [-0.2, 0) is 11.3 Å². The summed E-state index contributed by atoms with van der Waals surface area (Å²) in [4.78, 5) is 2.28. The first-order valence-corrected chi connectivity index (χ1v) is 6.59. The van der Waals surface area contributed by atoms with E-state index in [0.29, 0.717) is 6.54 Å². The van der Waals surface area contributed by atoms with Gasteiger partial charge in [0.15, 0.2) is 0 Å². The van der Waals surface area contributed by atoms with Crippen LogP contribution < -0.4 is 10.5 Å². The van der Waals surface area contributed by atoms with Crippen molar-refractivity contribution in [3.05, 3.63) is 29.8 Å². The molecule has 0 aromatic heterocycles. The lowest BCUT2D eigenvalue weighted by Crippen LogP contribution is -2.49. The van der Waals surface area contributed by atoms with Crippen molar-refractivity contribution in [3.8, 4) is 5.75 Å². The highest BCUT2D eigenvalue weighted by atomic mass is 16.5. The molecule has 1 atom stereocenters. The van der Waals surface area contributed by atoms with E-state index in [1.807, 2.05) is 12.1 Å². The predicted octanol–water partition coefficient (Wildman–Crippen LogP) is 1.88. The minimum atomic E-state index is -0.0565. The van der Waals surface area contributed by atoms with Gasteiger partial charge < -0.3 is 15.2 Å². The molecule has 0 spiro atoms. The molecule has 0 aliphatic heterocycles. The van der Waals surface area contributed by atoms with Crippen LogP contribution in [0.25, 0.3) is 0 Å². The van der Waals surface area contributed by atoms with Gasteiger partial charge in [-0.2, -0.15) is 0 Å². The summed E-state index contributed by atoms with van der Waals surface area (Å²) in [6.07, 6.45) is 0.917. The van der Waals surface area contributed by atoms with Gasteiger partial charge in [0, 0.05) is 32.3 Å². The summed E-state index contributed by atoms with van der Waals surface area (Å²) in [6.45, 7) is 4.34. The van der Waals surface area contributed by atoms with E-state index in [-0.39, 0.29) is 5.54 Å². The SMILES string of the molecule is COCCC(C)(CN)N(C)Cc1cccc(OC)c1. The minimum absolute atomic E-state index is 0.0565. The van der Waals surface area contributed by atoms with Gasteiger partial charge in [-0.25, -0.2) is 0 Å². The number of hydrogen-bond acceptors (Lipinski definition) is 4. The second-order valence-electron chi connectivity index (χ2n) is 5.15. The van der Waals surface area contributed by atoms with Crippen LogP contribution in [0.4, 0.5) is 0 Å². The molecule has 0 fully saturated rings. The van der Waals surface area contributed by atoms with Crippen molar-refractivity contribution in [1.82, 2.24) is 4.90 Å². The van der Waals surface area contributed by atoms with Crippen LogP contribution in [0.15, 0.2) is 24.3 Å². The zero-order chi connectivity index (χ0) is 14.3. The van der Waals surface area contributed by atoms with Gasteiger partial charge >= 0.3 is 0 Å². The molecule has 1 aromatic carbocycles. The standard InChI is InChI=1S/C15H26N2O2/c1-15(12-16,8-9-18-3)17(2)11-13-6-5-7-14(10-13)19-4/h5-7,10H,8-9,11-12,16H2,1-4H3. The van der Waals surface area contributed by atoms with Gasteiger partial charge in [-0.05, 0) is 38.1 Å². The first-order chi connectivity index (χ1) is 9.05. The van der Waals surface area contributed by atoms with E-state index >= 15 is 0 Å². The maximum absolute atomic E-state index is 5.94. The van der Waals surface area contributed by atoms with Crippen molar-refractivity contribution in [2.75, 3.05) is 34.4 Å². The lowest BCUT2D eigenvalue weighted by molar-refractivity contribution is 0.0838. The maximum atomic E-state index is 5.94. The zero-order valence-corrected chi connectivity index (χ0v) is 12.5. The summed E-state index contributed by atoms with van der Waals surface area (Å²) < 4.78 is 10.4. The number of likely N-dealkylation sites (N-methyl/N-ethyl adjacent to an activating group) is 1. The fourth-order valence-corrected chi connectivity index (χ4v) is 2.01. The van der Waals surface area contributed by atoms with Gasteiger partial charge in [0.2, 0.25) is 0 Å². The second kappa shape index (κ2) is 7.48. The Morgan fingerprint density at radius 3 is 2.63 bits per heavy atom. The highest BCUT2D eigenvalue weighted by Gasteiger charge is 2.27. The fraction of sp³-hybridized carbons (Fsp3) is 0.600. The number of methoxy groups -OCH3 is 2. The summed E-state index contributed by atoms with van der Waals surface area (Å²) in [7, 11) is 5.51. The number of nitrogens with two attached hydrogens (primary N) is 1. The van der Waals surface area contributed by atoms with Crippen LogP contribution in [0.1, 0.15) is 18.9 Å². The van der Waals surface area contributed by atoms with Crippen molar-refractivity contribution in [3.63, 3.8) is 0 Å². The first-order valence-electron chi connectivity index (χ1n) is 6.59. The van der Waals surface area contributed by atoms with E-state index in [9.17, 15) is 0 Å². The first kappa shape index (κ1) is 16.0. The largest absolute Gasteiger partial charge is 0.497 e. The molecule has 2 N–H and O–H groups in total. The number of ether oxygens (including phenoxy) is 2. The molecule has 4 nitrogen and oxygen atoms in total. The smallest absolute Gasteiger partial charge is 0.119 e. The molecule has 0 amide bonds. The zero-order valence-electron chi connectivity index (χ0n) is 12.5. The topological polar surface area (TPSA) is 47.7 Å².